The third kappa shape index (κ3) is 6.72. The maximum Gasteiger partial charge on any atom is 0.137 e. The molecule has 0 radical (unpaired) electrons. The summed E-state index contributed by atoms with van der Waals surface area (Å²) in [5.74, 6) is 0. The lowest BCUT2D eigenvalue weighted by Crippen LogP contribution is -2.28. The van der Waals surface area contributed by atoms with Crippen molar-refractivity contribution in [2.75, 3.05) is 4.90 Å². The van der Waals surface area contributed by atoms with Gasteiger partial charge in [-0.1, -0.05) is 231 Å². The lowest BCUT2D eigenvalue weighted by molar-refractivity contribution is 0.666. The number of fused-ring (bicyclic) bond motifs is 6. The fourth-order valence-electron chi connectivity index (χ4n) is 11.0. The topological polar surface area (TPSA) is 16.4 Å². The minimum absolute atomic E-state index is 0.649. The molecule has 11 aromatic carbocycles. The minimum Gasteiger partial charge on any atom is -0.456 e. The first-order chi connectivity index (χ1) is 34.2. The minimum atomic E-state index is -0.649. The Bertz CT molecular complexity index is 3730. The predicted octanol–water partition coefficient (Wildman–Crippen LogP) is 18.1. The van der Waals surface area contributed by atoms with E-state index >= 15 is 0 Å². The van der Waals surface area contributed by atoms with Gasteiger partial charge < -0.3 is 9.32 Å². The number of benzene rings is 11. The molecule has 1 aromatic heterocycles. The zero-order valence-corrected chi connectivity index (χ0v) is 37.8. The standard InChI is InChI=1S/C67H45NO/c1-6-18-46(19-7-1)49-30-32-50(33-31-49)52-36-41-57(42-37-52)68(56-39-34-51(35-40-56)47-20-8-2-9-21-47)66-64-58-28-16-17-29-60(58)67(54-24-12-4-13-25-54,55-26-14-5-15-27-55)61(64)45-63-65(66)59-44-53(38-43-62(59)69-63)48-22-10-3-11-23-48/h1-45H. The molecule has 0 N–H and O–H groups in total. The molecule has 1 aliphatic carbocycles. The molecular formula is C67H45NO. The summed E-state index contributed by atoms with van der Waals surface area (Å²) in [6.45, 7) is 0. The Morgan fingerprint density at radius 3 is 1.19 bits per heavy atom. The molecule has 69 heavy (non-hydrogen) atoms. The van der Waals surface area contributed by atoms with Gasteiger partial charge in [-0.25, -0.2) is 0 Å². The molecule has 1 aliphatic rings. The quantitative estimate of drug-likeness (QED) is 0.144. The number of hydrogen-bond donors (Lipinski definition) is 0. The largest absolute Gasteiger partial charge is 0.456 e. The average Bonchev–Trinajstić information content (AvgIpc) is 3.95. The van der Waals surface area contributed by atoms with Crippen LogP contribution in [0.2, 0.25) is 0 Å². The molecule has 2 nitrogen and oxygen atoms in total. The van der Waals surface area contributed by atoms with Gasteiger partial charge in [0.05, 0.1) is 16.5 Å². The third-order valence-electron chi connectivity index (χ3n) is 14.2. The van der Waals surface area contributed by atoms with E-state index in [4.69, 9.17) is 4.42 Å². The number of furan rings is 1. The molecule has 0 saturated carbocycles. The second kappa shape index (κ2) is 16.7. The number of nitrogens with zero attached hydrogens (tertiary/aromatic N) is 1. The zero-order chi connectivity index (χ0) is 45.7. The van der Waals surface area contributed by atoms with E-state index in [0.717, 1.165) is 61.3 Å². The van der Waals surface area contributed by atoms with Gasteiger partial charge in [0.1, 0.15) is 11.2 Å². The molecule has 13 rings (SSSR count). The van der Waals surface area contributed by atoms with Crippen molar-refractivity contribution in [1.29, 1.82) is 0 Å². The van der Waals surface area contributed by atoms with Crippen molar-refractivity contribution >= 4 is 39.0 Å². The highest BCUT2D eigenvalue weighted by molar-refractivity contribution is 6.20. The first-order valence-corrected chi connectivity index (χ1v) is 23.7. The van der Waals surface area contributed by atoms with Gasteiger partial charge in [-0.2, -0.15) is 0 Å². The Morgan fingerprint density at radius 2 is 0.696 bits per heavy atom. The molecule has 0 atom stereocenters. The summed E-state index contributed by atoms with van der Waals surface area (Å²) in [4.78, 5) is 2.49. The Hall–Kier alpha value is -8.98. The van der Waals surface area contributed by atoms with Crippen LogP contribution in [0.15, 0.2) is 277 Å². The summed E-state index contributed by atoms with van der Waals surface area (Å²) in [5, 5.41) is 2.14. The van der Waals surface area contributed by atoms with Crippen molar-refractivity contribution in [3.05, 3.63) is 295 Å². The summed E-state index contributed by atoms with van der Waals surface area (Å²) in [5.41, 5.74) is 20.8. The smallest absolute Gasteiger partial charge is 0.137 e. The Labute approximate surface area is 402 Å². The van der Waals surface area contributed by atoms with Crippen LogP contribution in [0.5, 0.6) is 0 Å². The van der Waals surface area contributed by atoms with Crippen molar-refractivity contribution in [3.63, 3.8) is 0 Å². The van der Waals surface area contributed by atoms with Gasteiger partial charge in [0.25, 0.3) is 0 Å². The first kappa shape index (κ1) is 40.3. The fourth-order valence-corrected chi connectivity index (χ4v) is 11.0. The van der Waals surface area contributed by atoms with Gasteiger partial charge in [-0.3, -0.25) is 0 Å². The molecule has 0 amide bonds. The van der Waals surface area contributed by atoms with Gasteiger partial charge in [-0.05, 0) is 115 Å². The van der Waals surface area contributed by atoms with Crippen LogP contribution in [0.25, 0.3) is 77.6 Å². The SMILES string of the molecule is c1ccc(-c2ccc(-c3ccc(N(c4ccc(-c5ccccc5)cc4)c4c5c(cc6oc7ccc(-c8ccccc8)cc7c46)C(c4ccccc4)(c4ccccc4)c4ccccc4-5)cc3)cc2)cc1. The summed E-state index contributed by atoms with van der Waals surface area (Å²) >= 11 is 0. The van der Waals surface area contributed by atoms with Crippen LogP contribution in [0, 0.1) is 0 Å². The predicted molar refractivity (Wildman–Crippen MR) is 287 cm³/mol. The van der Waals surface area contributed by atoms with E-state index in [1.165, 1.54) is 55.6 Å². The molecule has 0 aliphatic heterocycles. The van der Waals surface area contributed by atoms with E-state index in [1.807, 2.05) is 0 Å². The van der Waals surface area contributed by atoms with Crippen LogP contribution in [-0.2, 0) is 5.41 Å². The summed E-state index contributed by atoms with van der Waals surface area (Å²) < 4.78 is 7.16. The highest BCUT2D eigenvalue weighted by Crippen LogP contribution is 2.62. The van der Waals surface area contributed by atoms with Gasteiger partial charge in [-0.15, -0.1) is 0 Å². The first-order valence-electron chi connectivity index (χ1n) is 23.7. The molecular weight excluding hydrogens is 835 g/mol. The summed E-state index contributed by atoms with van der Waals surface area (Å²) in [6.07, 6.45) is 0. The molecule has 0 bridgehead atoms. The maximum absolute atomic E-state index is 7.16. The zero-order valence-electron chi connectivity index (χ0n) is 37.8. The molecule has 0 saturated heterocycles. The molecule has 1 heterocycles. The van der Waals surface area contributed by atoms with Crippen molar-refractivity contribution < 1.29 is 4.42 Å². The molecule has 0 unspecified atom stereocenters. The molecule has 0 fully saturated rings. The Balaban J connectivity index is 1.11. The highest BCUT2D eigenvalue weighted by atomic mass is 16.3. The maximum atomic E-state index is 7.16. The number of hydrogen-bond acceptors (Lipinski definition) is 2. The molecule has 2 heteroatoms. The summed E-state index contributed by atoms with van der Waals surface area (Å²) in [6, 6.07) is 99.1. The van der Waals surface area contributed by atoms with E-state index in [9.17, 15) is 0 Å². The van der Waals surface area contributed by atoms with Gasteiger partial charge in [0, 0.05) is 22.3 Å². The molecule has 324 valence electrons. The normalized spacial score (nSPS) is 12.5. The molecule has 0 spiro atoms. The van der Waals surface area contributed by atoms with Gasteiger partial charge >= 0.3 is 0 Å². The van der Waals surface area contributed by atoms with Crippen molar-refractivity contribution in [1.82, 2.24) is 0 Å². The average molecular weight is 880 g/mol. The van der Waals surface area contributed by atoms with E-state index in [2.05, 4.69) is 278 Å². The summed E-state index contributed by atoms with van der Waals surface area (Å²) in [7, 11) is 0. The van der Waals surface area contributed by atoms with E-state index in [-0.39, 0.29) is 0 Å². The van der Waals surface area contributed by atoms with Crippen LogP contribution in [0.3, 0.4) is 0 Å². The van der Waals surface area contributed by atoms with E-state index in [1.54, 1.807) is 0 Å². The van der Waals surface area contributed by atoms with Gasteiger partial charge in [0.2, 0.25) is 0 Å². The van der Waals surface area contributed by atoms with Crippen LogP contribution < -0.4 is 4.90 Å². The Morgan fingerprint density at radius 1 is 0.304 bits per heavy atom. The lowest BCUT2D eigenvalue weighted by atomic mass is 9.67. The van der Waals surface area contributed by atoms with E-state index in [0.29, 0.717) is 0 Å². The lowest BCUT2D eigenvalue weighted by Gasteiger charge is -2.34. The second-order valence-electron chi connectivity index (χ2n) is 18.0. The van der Waals surface area contributed by atoms with Crippen molar-refractivity contribution in [2.45, 2.75) is 5.41 Å². The second-order valence-corrected chi connectivity index (χ2v) is 18.0. The third-order valence-corrected chi connectivity index (χ3v) is 14.2. The number of anilines is 3. The Kier molecular flexibility index (Phi) is 9.77. The van der Waals surface area contributed by atoms with Crippen LogP contribution in [0.4, 0.5) is 17.1 Å². The van der Waals surface area contributed by atoms with Crippen molar-refractivity contribution in [2.24, 2.45) is 0 Å². The van der Waals surface area contributed by atoms with Gasteiger partial charge in [0.15, 0.2) is 0 Å². The van der Waals surface area contributed by atoms with E-state index < -0.39 is 5.41 Å². The monoisotopic (exact) mass is 879 g/mol. The fraction of sp³-hybridized carbons (Fsp3) is 0.0149. The highest BCUT2D eigenvalue weighted by Gasteiger charge is 2.48. The van der Waals surface area contributed by atoms with Crippen LogP contribution in [0.1, 0.15) is 22.3 Å². The van der Waals surface area contributed by atoms with Crippen LogP contribution in [-0.4, -0.2) is 0 Å². The number of rotatable bonds is 9. The van der Waals surface area contributed by atoms with Crippen LogP contribution >= 0.6 is 0 Å². The molecule has 12 aromatic rings. The van der Waals surface area contributed by atoms with Crippen molar-refractivity contribution in [3.8, 4) is 55.6 Å².